The first-order valence-electron chi connectivity index (χ1n) is 8.57. The average Bonchev–Trinajstić information content (AvgIpc) is 2.53. The largest absolute Gasteiger partial charge is 0.444 e. The van der Waals surface area contributed by atoms with Crippen LogP contribution < -0.4 is 5.32 Å². The number of carbonyl (C=O) groups is 2. The predicted molar refractivity (Wildman–Crippen MR) is 99.5 cm³/mol. The summed E-state index contributed by atoms with van der Waals surface area (Å²) in [6.45, 7) is 7.41. The van der Waals surface area contributed by atoms with E-state index in [0.717, 1.165) is 28.6 Å². The molecule has 1 aromatic carbocycles. The molecule has 7 heteroatoms. The summed E-state index contributed by atoms with van der Waals surface area (Å²) < 4.78 is 6.43. The van der Waals surface area contributed by atoms with Crippen molar-refractivity contribution in [2.45, 2.75) is 51.8 Å². The van der Waals surface area contributed by atoms with E-state index in [4.69, 9.17) is 4.74 Å². The van der Waals surface area contributed by atoms with E-state index in [-0.39, 0.29) is 18.2 Å². The number of anilines is 1. The lowest BCUT2D eigenvalue weighted by atomic mass is 10.0. The molecule has 1 fully saturated rings. The lowest BCUT2D eigenvalue weighted by Crippen LogP contribution is -2.51. The van der Waals surface area contributed by atoms with Gasteiger partial charge >= 0.3 is 12.1 Å². The van der Waals surface area contributed by atoms with Crippen LogP contribution in [0.2, 0.25) is 0 Å². The number of nitrogens with one attached hydrogen (secondary N) is 1. The van der Waals surface area contributed by atoms with Gasteiger partial charge in [-0.2, -0.15) is 0 Å². The van der Waals surface area contributed by atoms with Gasteiger partial charge in [0.05, 0.1) is 0 Å². The zero-order valence-corrected chi connectivity index (χ0v) is 16.4. The first-order valence-corrected chi connectivity index (χ1v) is 9.36. The standard InChI is InChI=1S/C18H24BrN3O3/c1-18(2,3)25-17(24)21-8-6-14(7-9-21)22-11-12-10-13(19)4-5-15(12)20-16(22)23/h4-5,10,14H,6-9,11H2,1-3H3,(H,20,23). The molecule has 0 aliphatic carbocycles. The number of rotatable bonds is 1. The zero-order chi connectivity index (χ0) is 18.2. The topological polar surface area (TPSA) is 61.9 Å². The summed E-state index contributed by atoms with van der Waals surface area (Å²) in [5, 5.41) is 2.96. The van der Waals surface area contributed by atoms with Gasteiger partial charge in [0.15, 0.2) is 0 Å². The Balaban J connectivity index is 1.61. The molecule has 0 radical (unpaired) electrons. The van der Waals surface area contributed by atoms with Crippen LogP contribution in [0.5, 0.6) is 0 Å². The molecule has 2 heterocycles. The Hall–Kier alpha value is -1.76. The fourth-order valence-electron chi connectivity index (χ4n) is 3.24. The van der Waals surface area contributed by atoms with Crippen molar-refractivity contribution in [2.75, 3.05) is 18.4 Å². The fraction of sp³-hybridized carbons (Fsp3) is 0.556. The Morgan fingerprint density at radius 2 is 1.96 bits per heavy atom. The lowest BCUT2D eigenvalue weighted by Gasteiger charge is -2.40. The number of halogens is 1. The smallest absolute Gasteiger partial charge is 0.410 e. The van der Waals surface area contributed by atoms with Crippen molar-refractivity contribution in [1.82, 2.24) is 9.80 Å². The molecule has 0 saturated carbocycles. The van der Waals surface area contributed by atoms with Crippen LogP contribution in [0.25, 0.3) is 0 Å². The highest BCUT2D eigenvalue weighted by atomic mass is 79.9. The number of ether oxygens (including phenoxy) is 1. The molecule has 136 valence electrons. The summed E-state index contributed by atoms with van der Waals surface area (Å²) >= 11 is 3.48. The van der Waals surface area contributed by atoms with E-state index in [9.17, 15) is 9.59 Å². The molecular formula is C18H24BrN3O3. The van der Waals surface area contributed by atoms with Gasteiger partial charge in [0.25, 0.3) is 0 Å². The minimum absolute atomic E-state index is 0.0643. The van der Waals surface area contributed by atoms with Crippen molar-refractivity contribution in [3.05, 3.63) is 28.2 Å². The van der Waals surface area contributed by atoms with Crippen LogP contribution in [-0.2, 0) is 11.3 Å². The zero-order valence-electron chi connectivity index (χ0n) is 14.8. The van der Waals surface area contributed by atoms with Crippen molar-refractivity contribution in [3.63, 3.8) is 0 Å². The van der Waals surface area contributed by atoms with Crippen molar-refractivity contribution in [1.29, 1.82) is 0 Å². The number of hydrogen-bond donors (Lipinski definition) is 1. The lowest BCUT2D eigenvalue weighted by molar-refractivity contribution is 0.0163. The van der Waals surface area contributed by atoms with Gasteiger partial charge in [-0.25, -0.2) is 9.59 Å². The number of fused-ring (bicyclic) bond motifs is 1. The monoisotopic (exact) mass is 409 g/mol. The Morgan fingerprint density at radius 1 is 1.28 bits per heavy atom. The van der Waals surface area contributed by atoms with Crippen molar-refractivity contribution in [2.24, 2.45) is 0 Å². The van der Waals surface area contributed by atoms with Gasteiger partial charge in [0.2, 0.25) is 0 Å². The minimum Gasteiger partial charge on any atom is -0.444 e. The first kappa shape index (κ1) is 18.0. The Kier molecular flexibility index (Phi) is 4.95. The van der Waals surface area contributed by atoms with Crippen molar-refractivity contribution >= 4 is 33.7 Å². The van der Waals surface area contributed by atoms with Crippen LogP contribution in [0.3, 0.4) is 0 Å². The molecule has 3 rings (SSSR count). The molecule has 0 aromatic heterocycles. The maximum absolute atomic E-state index is 12.4. The quantitative estimate of drug-likeness (QED) is 0.755. The Morgan fingerprint density at radius 3 is 2.60 bits per heavy atom. The predicted octanol–water partition coefficient (Wildman–Crippen LogP) is 4.20. The maximum atomic E-state index is 12.4. The highest BCUT2D eigenvalue weighted by Crippen LogP contribution is 2.30. The third kappa shape index (κ3) is 4.26. The minimum atomic E-state index is -0.488. The van der Waals surface area contributed by atoms with Crippen LogP contribution in [0, 0.1) is 0 Å². The molecule has 0 spiro atoms. The SMILES string of the molecule is CC(C)(C)OC(=O)N1CCC(N2Cc3cc(Br)ccc3NC2=O)CC1. The number of urea groups is 1. The highest BCUT2D eigenvalue weighted by Gasteiger charge is 2.33. The molecule has 25 heavy (non-hydrogen) atoms. The molecule has 1 N–H and O–H groups in total. The van der Waals surface area contributed by atoms with Crippen molar-refractivity contribution in [3.8, 4) is 0 Å². The highest BCUT2D eigenvalue weighted by molar-refractivity contribution is 9.10. The van der Waals surface area contributed by atoms with Crippen LogP contribution in [0.4, 0.5) is 15.3 Å². The Bertz CT molecular complexity index is 679. The second kappa shape index (κ2) is 6.86. The van der Waals surface area contributed by atoms with Crippen LogP contribution >= 0.6 is 15.9 Å². The second-order valence-electron chi connectivity index (χ2n) is 7.56. The number of amides is 3. The number of benzene rings is 1. The number of piperidine rings is 1. The number of nitrogens with zero attached hydrogens (tertiary/aromatic N) is 2. The molecule has 0 unspecified atom stereocenters. The molecule has 3 amide bonds. The Labute approximate surface area is 156 Å². The summed E-state index contributed by atoms with van der Waals surface area (Å²) in [6, 6.07) is 5.95. The molecular weight excluding hydrogens is 386 g/mol. The fourth-order valence-corrected chi connectivity index (χ4v) is 3.65. The van der Waals surface area contributed by atoms with Crippen LogP contribution in [0.15, 0.2) is 22.7 Å². The van der Waals surface area contributed by atoms with Gasteiger partial charge in [-0.1, -0.05) is 15.9 Å². The molecule has 2 aliphatic heterocycles. The maximum Gasteiger partial charge on any atom is 0.410 e. The number of hydrogen-bond acceptors (Lipinski definition) is 3. The van der Waals surface area contributed by atoms with Gasteiger partial charge in [-0.05, 0) is 57.4 Å². The van der Waals surface area contributed by atoms with E-state index >= 15 is 0 Å². The molecule has 6 nitrogen and oxygen atoms in total. The molecule has 2 aliphatic rings. The average molecular weight is 410 g/mol. The van der Waals surface area contributed by atoms with Gasteiger partial charge in [-0.15, -0.1) is 0 Å². The molecule has 0 atom stereocenters. The summed E-state index contributed by atoms with van der Waals surface area (Å²) in [7, 11) is 0. The number of carbonyl (C=O) groups excluding carboxylic acids is 2. The van der Waals surface area contributed by atoms with E-state index in [0.29, 0.717) is 19.6 Å². The van der Waals surface area contributed by atoms with Gasteiger partial charge in [-0.3, -0.25) is 0 Å². The van der Waals surface area contributed by atoms with Gasteiger partial charge < -0.3 is 19.9 Å². The van der Waals surface area contributed by atoms with Crippen LogP contribution in [0.1, 0.15) is 39.2 Å². The molecule has 1 saturated heterocycles. The summed E-state index contributed by atoms with van der Waals surface area (Å²) in [5.74, 6) is 0. The van der Waals surface area contributed by atoms with Crippen LogP contribution in [-0.4, -0.2) is 46.7 Å². The number of likely N-dealkylation sites (tertiary alicyclic amines) is 1. The normalized spacial score (nSPS) is 18.6. The van der Waals surface area contributed by atoms with Gasteiger partial charge in [0, 0.05) is 35.8 Å². The van der Waals surface area contributed by atoms with E-state index in [1.54, 1.807) is 4.90 Å². The molecule has 1 aromatic rings. The van der Waals surface area contributed by atoms with Gasteiger partial charge in [0.1, 0.15) is 5.60 Å². The van der Waals surface area contributed by atoms with Crippen molar-refractivity contribution < 1.29 is 14.3 Å². The van der Waals surface area contributed by atoms with E-state index in [1.807, 2.05) is 43.9 Å². The summed E-state index contributed by atoms with van der Waals surface area (Å²) in [6.07, 6.45) is 1.25. The molecule has 0 bridgehead atoms. The first-order chi connectivity index (χ1) is 11.7. The van der Waals surface area contributed by atoms with E-state index in [1.165, 1.54) is 0 Å². The second-order valence-corrected chi connectivity index (χ2v) is 8.47. The van der Waals surface area contributed by atoms with E-state index in [2.05, 4.69) is 21.2 Å². The summed E-state index contributed by atoms with van der Waals surface area (Å²) in [4.78, 5) is 28.2. The van der Waals surface area contributed by atoms with E-state index < -0.39 is 5.60 Å². The summed E-state index contributed by atoms with van der Waals surface area (Å²) in [5.41, 5.74) is 1.48. The third-order valence-electron chi connectivity index (χ3n) is 4.47. The third-order valence-corrected chi connectivity index (χ3v) is 4.96.